The Morgan fingerprint density at radius 3 is 2.19 bits per heavy atom. The second-order valence-electron chi connectivity index (χ2n) is 11.9. The first-order valence-corrected chi connectivity index (χ1v) is 16.4. The van der Waals surface area contributed by atoms with Crippen LogP contribution >= 0.6 is 11.6 Å². The van der Waals surface area contributed by atoms with Crippen molar-refractivity contribution in [3.8, 4) is 11.8 Å². The van der Waals surface area contributed by atoms with E-state index in [0.717, 1.165) is 5.56 Å². The SMILES string of the molecule is COc1ccc(CC(=O)C(=O)NCC[C@H](NC(=O)c2ccc(Nc3nc(NC4(c5ccc(Cl)cc5)CC4)nc(OCC(F)(F)F)n3)cc2)C(=O)O)cc1. The molecule has 1 fully saturated rings. The van der Waals surface area contributed by atoms with Crippen molar-refractivity contribution in [1.29, 1.82) is 0 Å². The molecule has 1 aliphatic carbocycles. The van der Waals surface area contributed by atoms with Crippen LogP contribution in [0.3, 0.4) is 0 Å². The number of ketones is 1. The van der Waals surface area contributed by atoms with Crippen LogP contribution in [0, 0.1) is 0 Å². The molecule has 18 heteroatoms. The fourth-order valence-corrected chi connectivity index (χ4v) is 5.17. The van der Waals surface area contributed by atoms with Crippen LogP contribution in [-0.2, 0) is 26.3 Å². The van der Waals surface area contributed by atoms with Crippen molar-refractivity contribution in [3.05, 3.63) is 94.5 Å². The van der Waals surface area contributed by atoms with Crippen molar-refractivity contribution >= 4 is 52.8 Å². The average molecular weight is 756 g/mol. The summed E-state index contributed by atoms with van der Waals surface area (Å²) in [6.07, 6.45) is -3.61. The normalized spacial score (nSPS) is 13.6. The number of alkyl halides is 3. The first kappa shape index (κ1) is 38.3. The maximum atomic E-state index is 12.9. The van der Waals surface area contributed by atoms with Gasteiger partial charge in [0.1, 0.15) is 11.8 Å². The molecule has 0 radical (unpaired) electrons. The summed E-state index contributed by atoms with van der Waals surface area (Å²) in [6, 6.07) is 17.3. The van der Waals surface area contributed by atoms with E-state index in [1.54, 1.807) is 36.4 Å². The van der Waals surface area contributed by atoms with E-state index in [2.05, 4.69) is 36.2 Å². The van der Waals surface area contributed by atoms with Crippen LogP contribution in [0.4, 0.5) is 30.8 Å². The maximum absolute atomic E-state index is 12.9. The Kier molecular flexibility index (Phi) is 12.0. The molecule has 1 aliphatic rings. The van der Waals surface area contributed by atoms with E-state index in [-0.39, 0.29) is 36.8 Å². The van der Waals surface area contributed by atoms with Gasteiger partial charge in [-0.2, -0.15) is 28.1 Å². The van der Waals surface area contributed by atoms with Crippen LogP contribution in [0.25, 0.3) is 0 Å². The van der Waals surface area contributed by atoms with Gasteiger partial charge >= 0.3 is 18.2 Å². The van der Waals surface area contributed by atoms with E-state index in [1.807, 2.05) is 12.1 Å². The fourth-order valence-electron chi connectivity index (χ4n) is 5.04. The molecule has 5 N–H and O–H groups in total. The number of carbonyl (C=O) groups excluding carboxylic acids is 3. The number of hydrogen-bond donors (Lipinski definition) is 5. The molecule has 0 spiro atoms. The summed E-state index contributed by atoms with van der Waals surface area (Å²) in [5.74, 6) is -3.32. The van der Waals surface area contributed by atoms with Gasteiger partial charge in [0.25, 0.3) is 11.8 Å². The van der Waals surface area contributed by atoms with Crippen LogP contribution in [0.1, 0.15) is 40.7 Å². The molecular weight excluding hydrogens is 723 g/mol. The van der Waals surface area contributed by atoms with Crippen molar-refractivity contribution in [2.45, 2.75) is 43.4 Å². The Balaban J connectivity index is 1.18. The van der Waals surface area contributed by atoms with Gasteiger partial charge in [0.15, 0.2) is 6.61 Å². The Morgan fingerprint density at radius 1 is 0.925 bits per heavy atom. The lowest BCUT2D eigenvalue weighted by molar-refractivity contribution is -0.154. The molecule has 1 aromatic heterocycles. The minimum absolute atomic E-state index is 0.0411. The number of amides is 2. The Bertz CT molecular complexity index is 1940. The van der Waals surface area contributed by atoms with E-state index >= 15 is 0 Å². The van der Waals surface area contributed by atoms with Crippen molar-refractivity contribution < 1.29 is 46.9 Å². The number of nitrogens with one attached hydrogen (secondary N) is 4. The number of aromatic nitrogens is 3. The highest BCUT2D eigenvalue weighted by Crippen LogP contribution is 2.48. The maximum Gasteiger partial charge on any atom is 0.422 e. The summed E-state index contributed by atoms with van der Waals surface area (Å²) >= 11 is 6.02. The van der Waals surface area contributed by atoms with Crippen molar-refractivity contribution in [1.82, 2.24) is 25.6 Å². The highest BCUT2D eigenvalue weighted by molar-refractivity contribution is 6.36. The third-order valence-corrected chi connectivity index (χ3v) is 8.23. The van der Waals surface area contributed by atoms with Crippen LogP contribution in [0.2, 0.25) is 5.02 Å². The van der Waals surface area contributed by atoms with Crippen LogP contribution in [-0.4, -0.2) is 76.1 Å². The lowest BCUT2D eigenvalue weighted by Gasteiger charge is -2.19. The Morgan fingerprint density at radius 2 is 1.58 bits per heavy atom. The number of carbonyl (C=O) groups is 4. The quantitative estimate of drug-likeness (QED) is 0.0925. The molecule has 14 nitrogen and oxygen atoms in total. The Labute approximate surface area is 305 Å². The van der Waals surface area contributed by atoms with Crippen molar-refractivity contribution in [2.24, 2.45) is 0 Å². The molecule has 0 bridgehead atoms. The summed E-state index contributed by atoms with van der Waals surface area (Å²) < 4.78 is 48.6. The summed E-state index contributed by atoms with van der Waals surface area (Å²) in [4.78, 5) is 61.6. The number of nitrogens with zero attached hydrogens (tertiary/aromatic N) is 3. The number of carboxylic acids is 1. The number of anilines is 3. The second kappa shape index (κ2) is 16.6. The smallest absolute Gasteiger partial charge is 0.422 e. The van der Waals surface area contributed by atoms with E-state index in [0.29, 0.717) is 34.9 Å². The molecule has 278 valence electrons. The molecule has 0 unspecified atom stereocenters. The molecule has 2 amide bonds. The van der Waals surface area contributed by atoms with E-state index in [4.69, 9.17) is 21.1 Å². The van der Waals surface area contributed by atoms with Gasteiger partial charge < -0.3 is 35.8 Å². The number of carboxylic acid groups (broad SMARTS) is 1. The number of rotatable bonds is 17. The number of benzene rings is 3. The van der Waals surface area contributed by atoms with Gasteiger partial charge in [0.05, 0.1) is 12.6 Å². The highest BCUT2D eigenvalue weighted by atomic mass is 35.5. The van der Waals surface area contributed by atoms with Crippen molar-refractivity contribution in [3.63, 3.8) is 0 Å². The first-order valence-electron chi connectivity index (χ1n) is 16.1. The Hall–Kier alpha value is -5.97. The molecule has 0 aliphatic heterocycles. The molecule has 1 saturated carbocycles. The molecule has 0 saturated heterocycles. The predicted molar refractivity (Wildman–Crippen MR) is 185 cm³/mol. The van der Waals surface area contributed by atoms with Gasteiger partial charge in [-0.05, 0) is 78.9 Å². The number of ether oxygens (including phenoxy) is 2. The third-order valence-electron chi connectivity index (χ3n) is 7.98. The number of hydrogen-bond acceptors (Lipinski definition) is 11. The fraction of sp³-hybridized carbons (Fsp3) is 0.286. The number of halogens is 4. The summed E-state index contributed by atoms with van der Waals surface area (Å²) in [5.41, 5.74) is 1.32. The number of aliphatic carboxylic acids is 1. The first-order chi connectivity index (χ1) is 25.2. The van der Waals surface area contributed by atoms with Gasteiger partial charge in [-0.3, -0.25) is 14.4 Å². The van der Waals surface area contributed by atoms with Gasteiger partial charge in [-0.1, -0.05) is 35.9 Å². The standard InChI is InChI=1S/C35H33ClF3N7O7/c1-52-25-12-2-20(3-13-25)18-27(47)29(49)40-17-14-26(30(50)51)42-28(48)21-4-10-24(11-5-21)41-31-43-32(45-33(44-31)53-19-35(37,38)39)46-34(15-16-34)22-6-8-23(36)9-7-22/h2-13,26H,14-19H2,1H3,(H,40,49)(H,42,48)(H,50,51)(H2,41,43,44,45,46)/t26-/m0/s1. The zero-order valence-corrected chi connectivity index (χ0v) is 28.8. The molecule has 1 atom stereocenters. The minimum atomic E-state index is -4.64. The van der Waals surface area contributed by atoms with E-state index in [9.17, 15) is 37.5 Å². The highest BCUT2D eigenvalue weighted by Gasteiger charge is 2.45. The molecule has 5 rings (SSSR count). The van der Waals surface area contributed by atoms with Gasteiger partial charge in [-0.25, -0.2) is 4.79 Å². The third kappa shape index (κ3) is 11.0. The number of Topliss-reactive ketones (excluding diaryl/α,β-unsaturated/α-hetero) is 1. The van der Waals surface area contributed by atoms with Gasteiger partial charge in [0, 0.05) is 29.2 Å². The second-order valence-corrected chi connectivity index (χ2v) is 12.4. The lowest BCUT2D eigenvalue weighted by Crippen LogP contribution is -2.43. The largest absolute Gasteiger partial charge is 0.497 e. The van der Waals surface area contributed by atoms with Crippen molar-refractivity contribution in [2.75, 3.05) is 30.9 Å². The van der Waals surface area contributed by atoms with Crippen LogP contribution in [0.15, 0.2) is 72.8 Å². The van der Waals surface area contributed by atoms with Crippen LogP contribution in [0.5, 0.6) is 11.8 Å². The van der Waals surface area contributed by atoms with Crippen LogP contribution < -0.4 is 30.7 Å². The van der Waals surface area contributed by atoms with E-state index in [1.165, 1.54) is 31.4 Å². The summed E-state index contributed by atoms with van der Waals surface area (Å²) in [6.45, 7) is -1.83. The zero-order valence-electron chi connectivity index (χ0n) is 28.0. The topological polar surface area (TPSA) is 194 Å². The number of methoxy groups -OCH3 is 1. The molecule has 4 aromatic rings. The summed E-state index contributed by atoms with van der Waals surface area (Å²) in [7, 11) is 1.50. The molecule has 1 heterocycles. The average Bonchev–Trinajstić information content (AvgIpc) is 3.90. The molecule has 3 aromatic carbocycles. The molecule has 53 heavy (non-hydrogen) atoms. The predicted octanol–water partition coefficient (Wildman–Crippen LogP) is 4.82. The minimum Gasteiger partial charge on any atom is -0.497 e. The van der Waals surface area contributed by atoms with Gasteiger partial charge in [-0.15, -0.1) is 0 Å². The molecular formula is C35H33ClF3N7O7. The summed E-state index contributed by atoms with van der Waals surface area (Å²) in [5, 5.41) is 21.0. The monoisotopic (exact) mass is 755 g/mol. The van der Waals surface area contributed by atoms with Gasteiger partial charge in [0.2, 0.25) is 17.7 Å². The van der Waals surface area contributed by atoms with E-state index < -0.39 is 53.9 Å². The lowest BCUT2D eigenvalue weighted by atomic mass is 10.1. The zero-order chi connectivity index (χ0) is 38.2.